The van der Waals surface area contributed by atoms with Gasteiger partial charge in [-0.05, 0) is 40.1 Å². The molecule has 0 aromatic heterocycles. The molecule has 0 aliphatic rings. The lowest BCUT2D eigenvalue weighted by Crippen LogP contribution is -2.18. The maximum atomic E-state index is 13.1. The molecule has 0 saturated carbocycles. The average Bonchev–Trinajstić information content (AvgIpc) is 2.08. The van der Waals surface area contributed by atoms with Gasteiger partial charge < -0.3 is 5.73 Å². The molecule has 0 fully saturated rings. The second-order valence-electron chi connectivity index (χ2n) is 3.41. The Balaban J connectivity index is 3.07. The van der Waals surface area contributed by atoms with Gasteiger partial charge in [0.05, 0.1) is 3.57 Å². The molecule has 1 nitrogen and oxygen atoms in total. The third-order valence-electron chi connectivity index (χ3n) is 2.06. The van der Waals surface area contributed by atoms with Crippen LogP contribution in [0.4, 0.5) is 4.39 Å². The van der Waals surface area contributed by atoms with Crippen LogP contribution in [0, 0.1) is 15.3 Å². The van der Waals surface area contributed by atoms with Gasteiger partial charge in [0.1, 0.15) is 5.82 Å². The van der Waals surface area contributed by atoms with E-state index < -0.39 is 0 Å². The fourth-order valence-corrected chi connectivity index (χ4v) is 1.86. The topological polar surface area (TPSA) is 26.0 Å². The van der Waals surface area contributed by atoms with Crippen molar-refractivity contribution in [1.82, 2.24) is 0 Å². The van der Waals surface area contributed by atoms with E-state index in [1.807, 2.05) is 42.5 Å². The highest BCUT2D eigenvalue weighted by molar-refractivity contribution is 14.1. The molecule has 3 heteroatoms. The Morgan fingerprint density at radius 2 is 2.00 bits per heavy atom. The molecule has 1 atom stereocenters. The Morgan fingerprint density at radius 3 is 2.54 bits per heavy atom. The molecule has 0 aliphatic heterocycles. The summed E-state index contributed by atoms with van der Waals surface area (Å²) in [6, 6.07) is 4.96. The molecule has 0 amide bonds. The number of hydrogen-bond donors (Lipinski definition) is 1. The van der Waals surface area contributed by atoms with Crippen molar-refractivity contribution in [3.8, 4) is 0 Å². The standard InChI is InChI=1S/C10H13FIN/c1-6(2)10(13)7-4-3-5-8(11)9(7)12/h3-6,10H,13H2,1-2H3/t10-/m1/s1. The van der Waals surface area contributed by atoms with Crippen LogP contribution in [0.25, 0.3) is 0 Å². The van der Waals surface area contributed by atoms with Crippen LogP contribution in [0.2, 0.25) is 0 Å². The normalized spacial score (nSPS) is 13.4. The molecular weight excluding hydrogens is 280 g/mol. The first kappa shape index (κ1) is 10.9. The second-order valence-corrected chi connectivity index (χ2v) is 4.49. The SMILES string of the molecule is CC(C)[C@@H](N)c1cccc(F)c1I. The largest absolute Gasteiger partial charge is 0.324 e. The van der Waals surface area contributed by atoms with Crippen molar-refractivity contribution >= 4 is 22.6 Å². The Kier molecular flexibility index (Phi) is 3.67. The van der Waals surface area contributed by atoms with Crippen molar-refractivity contribution in [1.29, 1.82) is 0 Å². The van der Waals surface area contributed by atoms with Crippen molar-refractivity contribution < 1.29 is 4.39 Å². The van der Waals surface area contributed by atoms with Gasteiger partial charge in [0, 0.05) is 6.04 Å². The first-order chi connectivity index (χ1) is 6.04. The molecule has 1 aromatic carbocycles. The zero-order valence-corrected chi connectivity index (χ0v) is 9.88. The molecular formula is C10H13FIN. The minimum absolute atomic E-state index is 0.0809. The second kappa shape index (κ2) is 4.37. The summed E-state index contributed by atoms with van der Waals surface area (Å²) in [5.41, 5.74) is 6.83. The molecule has 0 spiro atoms. The van der Waals surface area contributed by atoms with Crippen LogP contribution in [0.15, 0.2) is 18.2 Å². The first-order valence-electron chi connectivity index (χ1n) is 4.23. The molecule has 0 bridgehead atoms. The minimum atomic E-state index is -0.186. The van der Waals surface area contributed by atoms with E-state index in [0.29, 0.717) is 9.49 Å². The lowest BCUT2D eigenvalue weighted by molar-refractivity contribution is 0.507. The number of rotatable bonds is 2. The first-order valence-corrected chi connectivity index (χ1v) is 5.31. The van der Waals surface area contributed by atoms with Gasteiger partial charge in [-0.1, -0.05) is 26.0 Å². The van der Waals surface area contributed by atoms with Gasteiger partial charge in [0.25, 0.3) is 0 Å². The van der Waals surface area contributed by atoms with Crippen molar-refractivity contribution in [2.75, 3.05) is 0 Å². The zero-order valence-electron chi connectivity index (χ0n) is 7.72. The van der Waals surface area contributed by atoms with Crippen LogP contribution in [0.3, 0.4) is 0 Å². The molecule has 0 aliphatic carbocycles. The van der Waals surface area contributed by atoms with E-state index in [9.17, 15) is 4.39 Å². The van der Waals surface area contributed by atoms with Crippen molar-refractivity contribution in [2.45, 2.75) is 19.9 Å². The van der Waals surface area contributed by atoms with Crippen LogP contribution >= 0.6 is 22.6 Å². The van der Waals surface area contributed by atoms with E-state index in [1.54, 1.807) is 6.07 Å². The molecule has 0 saturated heterocycles. The molecule has 0 radical (unpaired) electrons. The molecule has 1 rings (SSSR count). The summed E-state index contributed by atoms with van der Waals surface area (Å²) >= 11 is 2.00. The third kappa shape index (κ3) is 2.40. The molecule has 0 unspecified atom stereocenters. The van der Waals surface area contributed by atoms with E-state index in [4.69, 9.17) is 5.73 Å². The van der Waals surface area contributed by atoms with E-state index >= 15 is 0 Å². The van der Waals surface area contributed by atoms with E-state index in [0.717, 1.165) is 5.56 Å². The number of halogens is 2. The van der Waals surface area contributed by atoms with Gasteiger partial charge in [0.2, 0.25) is 0 Å². The predicted molar refractivity (Wildman–Crippen MR) is 60.9 cm³/mol. The number of nitrogens with two attached hydrogens (primary N) is 1. The molecule has 13 heavy (non-hydrogen) atoms. The van der Waals surface area contributed by atoms with E-state index in [2.05, 4.69) is 0 Å². The van der Waals surface area contributed by atoms with Gasteiger partial charge >= 0.3 is 0 Å². The van der Waals surface area contributed by atoms with E-state index in [1.165, 1.54) is 6.07 Å². The number of benzene rings is 1. The quantitative estimate of drug-likeness (QED) is 0.833. The fourth-order valence-electron chi connectivity index (χ4n) is 1.14. The summed E-state index contributed by atoms with van der Waals surface area (Å²) in [7, 11) is 0. The predicted octanol–water partition coefficient (Wildman–Crippen LogP) is 3.09. The zero-order chi connectivity index (χ0) is 10.0. The van der Waals surface area contributed by atoms with Gasteiger partial charge in [-0.3, -0.25) is 0 Å². The van der Waals surface area contributed by atoms with Crippen molar-refractivity contribution in [3.05, 3.63) is 33.1 Å². The van der Waals surface area contributed by atoms with Crippen LogP contribution < -0.4 is 5.73 Å². The summed E-state index contributed by atoms with van der Waals surface area (Å²) < 4.78 is 13.8. The summed E-state index contributed by atoms with van der Waals surface area (Å²) in [4.78, 5) is 0. The van der Waals surface area contributed by atoms with Gasteiger partial charge in [-0.15, -0.1) is 0 Å². The lowest BCUT2D eigenvalue weighted by Gasteiger charge is -2.17. The monoisotopic (exact) mass is 293 g/mol. The third-order valence-corrected chi connectivity index (χ3v) is 3.20. The van der Waals surface area contributed by atoms with Crippen molar-refractivity contribution in [2.24, 2.45) is 11.7 Å². The highest BCUT2D eigenvalue weighted by Gasteiger charge is 2.15. The van der Waals surface area contributed by atoms with Gasteiger partial charge in [-0.2, -0.15) is 0 Å². The van der Waals surface area contributed by atoms with Crippen LogP contribution in [0.5, 0.6) is 0 Å². The fraction of sp³-hybridized carbons (Fsp3) is 0.400. The van der Waals surface area contributed by atoms with Gasteiger partial charge in [0.15, 0.2) is 0 Å². The maximum Gasteiger partial charge on any atom is 0.136 e. The maximum absolute atomic E-state index is 13.1. The molecule has 2 N–H and O–H groups in total. The summed E-state index contributed by atoms with van der Waals surface area (Å²) in [5, 5.41) is 0. The lowest BCUT2D eigenvalue weighted by atomic mass is 9.97. The Morgan fingerprint density at radius 1 is 1.38 bits per heavy atom. The molecule has 72 valence electrons. The van der Waals surface area contributed by atoms with Crippen LogP contribution in [-0.2, 0) is 0 Å². The van der Waals surface area contributed by atoms with Crippen molar-refractivity contribution in [3.63, 3.8) is 0 Å². The summed E-state index contributed by atoms with van der Waals surface area (Å²) in [6.07, 6.45) is 0. The Bertz CT molecular complexity index is 299. The van der Waals surface area contributed by atoms with Crippen LogP contribution in [0.1, 0.15) is 25.5 Å². The van der Waals surface area contributed by atoms with Crippen LogP contribution in [-0.4, -0.2) is 0 Å². The van der Waals surface area contributed by atoms with E-state index in [-0.39, 0.29) is 11.9 Å². The number of hydrogen-bond acceptors (Lipinski definition) is 1. The molecule has 0 heterocycles. The summed E-state index contributed by atoms with van der Waals surface area (Å²) in [6.45, 7) is 4.07. The average molecular weight is 293 g/mol. The minimum Gasteiger partial charge on any atom is -0.324 e. The molecule has 1 aromatic rings. The summed E-state index contributed by atoms with van der Waals surface area (Å²) in [5.74, 6) is 0.143. The smallest absolute Gasteiger partial charge is 0.136 e. The highest BCUT2D eigenvalue weighted by Crippen LogP contribution is 2.25. The highest BCUT2D eigenvalue weighted by atomic mass is 127. The Hall–Kier alpha value is -0.160. The van der Waals surface area contributed by atoms with Gasteiger partial charge in [-0.25, -0.2) is 4.39 Å². The Labute approximate surface area is 91.7 Å².